The number of aliphatic carboxylic acids is 1. The van der Waals surface area contributed by atoms with Gasteiger partial charge in [0.25, 0.3) is 6.10 Å². The number of carboxylic acid groups (broad SMARTS) is 2. The third-order valence-corrected chi connectivity index (χ3v) is 0.862. The molecule has 0 spiro atoms. The lowest BCUT2D eigenvalue weighted by atomic mass is 10.4. The number of rotatable bonds is 3. The zero-order chi connectivity index (χ0) is 9.72. The fourth-order valence-corrected chi connectivity index (χ4v) is 0.437. The van der Waals surface area contributed by atoms with Crippen LogP contribution in [0.4, 0.5) is 4.79 Å². The van der Waals surface area contributed by atoms with Crippen LogP contribution in [0.5, 0.6) is 0 Å². The van der Waals surface area contributed by atoms with E-state index < -0.39 is 24.2 Å². The molecule has 1 atom stereocenters. The quantitative estimate of drug-likeness (QED) is 0.434. The monoisotopic (exact) mass is 178 g/mol. The van der Waals surface area contributed by atoms with Crippen molar-refractivity contribution in [1.82, 2.24) is 0 Å². The maximum absolute atomic E-state index is 10.5. The second-order valence-corrected chi connectivity index (χ2v) is 1.64. The number of hydrogen-bond acceptors (Lipinski definition) is 5. The van der Waals surface area contributed by atoms with Crippen molar-refractivity contribution in [2.24, 2.45) is 0 Å². The minimum atomic E-state index is -1.90. The molecular weight excluding hydrogens is 172 g/mol. The van der Waals surface area contributed by atoms with Crippen molar-refractivity contribution in [1.29, 1.82) is 0 Å². The van der Waals surface area contributed by atoms with Gasteiger partial charge >= 0.3 is 18.1 Å². The van der Waals surface area contributed by atoms with Crippen molar-refractivity contribution < 1.29 is 34.1 Å². The van der Waals surface area contributed by atoms with Crippen molar-refractivity contribution in [3.05, 3.63) is 0 Å². The van der Waals surface area contributed by atoms with E-state index in [1.807, 2.05) is 0 Å². The Bertz CT molecular complexity index is 208. The predicted molar refractivity (Wildman–Crippen MR) is 32.5 cm³/mol. The fourth-order valence-electron chi connectivity index (χ4n) is 0.437. The summed E-state index contributed by atoms with van der Waals surface area (Å²) in [5.74, 6) is -3.08. The minimum absolute atomic E-state index is 0.946. The molecule has 0 aromatic heterocycles. The first-order valence-corrected chi connectivity index (χ1v) is 2.69. The Labute approximate surface area is 66.5 Å². The van der Waals surface area contributed by atoms with Crippen LogP contribution in [0.3, 0.4) is 0 Å². The van der Waals surface area contributed by atoms with Gasteiger partial charge in [0.1, 0.15) is 0 Å². The van der Waals surface area contributed by atoms with Crippen molar-refractivity contribution in [3.8, 4) is 0 Å². The molecule has 7 nitrogen and oxygen atoms in total. The minimum Gasteiger partial charge on any atom is -0.479 e. The van der Waals surface area contributed by atoms with Crippen molar-refractivity contribution >= 4 is 18.1 Å². The summed E-state index contributed by atoms with van der Waals surface area (Å²) < 4.78 is 7.67. The third kappa shape index (κ3) is 2.97. The summed E-state index contributed by atoms with van der Waals surface area (Å²) in [6.45, 7) is 0. The van der Waals surface area contributed by atoms with E-state index in [1.54, 1.807) is 0 Å². The molecule has 12 heavy (non-hydrogen) atoms. The number of carboxylic acids is 1. The Kier molecular flexibility index (Phi) is 3.71. The third-order valence-electron chi connectivity index (χ3n) is 0.862. The summed E-state index contributed by atoms with van der Waals surface area (Å²) in [5, 5.41) is 16.2. The van der Waals surface area contributed by atoms with Gasteiger partial charge in [-0.2, -0.15) is 0 Å². The average Bonchev–Trinajstić information content (AvgIpc) is 1.85. The lowest BCUT2D eigenvalue weighted by molar-refractivity contribution is -0.164. The van der Waals surface area contributed by atoms with Crippen LogP contribution in [0.1, 0.15) is 0 Å². The molecule has 0 saturated heterocycles. The maximum Gasteiger partial charge on any atom is 0.513 e. The first-order chi connectivity index (χ1) is 5.49. The Morgan fingerprint density at radius 1 is 1.25 bits per heavy atom. The van der Waals surface area contributed by atoms with E-state index in [-0.39, 0.29) is 0 Å². The Morgan fingerprint density at radius 2 is 1.75 bits per heavy atom. The number of carbonyl (C=O) groups excluding carboxylic acids is 1. The van der Waals surface area contributed by atoms with Gasteiger partial charge in [0, 0.05) is 7.11 Å². The van der Waals surface area contributed by atoms with Crippen LogP contribution in [0, 0.1) is 0 Å². The van der Waals surface area contributed by atoms with Gasteiger partial charge in [-0.1, -0.05) is 0 Å². The highest BCUT2D eigenvalue weighted by Crippen LogP contribution is 1.94. The topological polar surface area (TPSA) is 110 Å². The molecule has 0 heterocycles. The number of carbonyl (C=O) groups is 3. The van der Waals surface area contributed by atoms with E-state index in [1.165, 1.54) is 0 Å². The molecule has 68 valence electrons. The SMILES string of the molecule is COC(C(=O)O)C(=O)OC(=O)O. The molecule has 0 radical (unpaired) electrons. The Balaban J connectivity index is 4.22. The Hall–Kier alpha value is -1.63. The molecule has 0 saturated carbocycles. The van der Waals surface area contributed by atoms with Gasteiger partial charge in [-0.25, -0.2) is 14.4 Å². The van der Waals surface area contributed by atoms with Crippen LogP contribution < -0.4 is 0 Å². The zero-order valence-corrected chi connectivity index (χ0v) is 6.01. The molecule has 0 bridgehead atoms. The van der Waals surface area contributed by atoms with Crippen LogP contribution in [0.15, 0.2) is 0 Å². The lowest BCUT2D eigenvalue weighted by Gasteiger charge is -2.05. The number of ether oxygens (including phenoxy) is 2. The summed E-state index contributed by atoms with van der Waals surface area (Å²) in [6.07, 6.45) is -3.77. The average molecular weight is 178 g/mol. The van der Waals surface area contributed by atoms with Crippen molar-refractivity contribution in [2.75, 3.05) is 7.11 Å². The van der Waals surface area contributed by atoms with Crippen LogP contribution >= 0.6 is 0 Å². The highest BCUT2D eigenvalue weighted by molar-refractivity contribution is 5.99. The molecule has 7 heteroatoms. The first kappa shape index (κ1) is 10.4. The van der Waals surface area contributed by atoms with Gasteiger partial charge in [-0.15, -0.1) is 0 Å². The zero-order valence-electron chi connectivity index (χ0n) is 6.01. The van der Waals surface area contributed by atoms with E-state index in [2.05, 4.69) is 9.47 Å². The molecule has 0 aromatic carbocycles. The largest absolute Gasteiger partial charge is 0.513 e. The van der Waals surface area contributed by atoms with Crippen molar-refractivity contribution in [3.63, 3.8) is 0 Å². The van der Waals surface area contributed by atoms with E-state index in [0.717, 1.165) is 7.11 Å². The highest BCUT2D eigenvalue weighted by Gasteiger charge is 2.29. The Morgan fingerprint density at radius 3 is 2.00 bits per heavy atom. The molecule has 1 unspecified atom stereocenters. The standard InChI is InChI=1S/C5H6O7/c1-11-2(3(6)7)4(8)12-5(9)10/h2H,1H3,(H,6,7)(H,9,10). The van der Waals surface area contributed by atoms with Crippen LogP contribution in [-0.4, -0.2) is 41.5 Å². The summed E-state index contributed by atoms with van der Waals surface area (Å²) in [6, 6.07) is 0. The van der Waals surface area contributed by atoms with E-state index in [4.69, 9.17) is 10.2 Å². The van der Waals surface area contributed by atoms with Gasteiger partial charge in [-0.3, -0.25) is 0 Å². The molecule has 0 aliphatic carbocycles. The van der Waals surface area contributed by atoms with Gasteiger partial charge in [-0.05, 0) is 0 Å². The van der Waals surface area contributed by atoms with Crippen LogP contribution in [-0.2, 0) is 19.1 Å². The van der Waals surface area contributed by atoms with E-state index in [0.29, 0.717) is 0 Å². The lowest BCUT2D eigenvalue weighted by Crippen LogP contribution is -2.34. The second kappa shape index (κ2) is 4.29. The molecule has 0 aliphatic rings. The number of hydrogen-bond donors (Lipinski definition) is 2. The molecule has 0 aromatic rings. The maximum atomic E-state index is 10.5. The molecule has 2 N–H and O–H groups in total. The first-order valence-electron chi connectivity index (χ1n) is 2.69. The number of esters is 1. The van der Waals surface area contributed by atoms with Gasteiger partial charge in [0.05, 0.1) is 0 Å². The predicted octanol–water partition coefficient (Wildman–Crippen LogP) is -0.693. The number of methoxy groups -OCH3 is 1. The van der Waals surface area contributed by atoms with Gasteiger partial charge in [0.15, 0.2) is 0 Å². The van der Waals surface area contributed by atoms with Crippen LogP contribution in [0.2, 0.25) is 0 Å². The normalized spacial score (nSPS) is 11.8. The molecule has 0 aliphatic heterocycles. The molecule has 0 rings (SSSR count). The van der Waals surface area contributed by atoms with Crippen molar-refractivity contribution in [2.45, 2.75) is 6.10 Å². The summed E-state index contributed by atoms with van der Waals surface area (Å²) in [4.78, 5) is 30.4. The van der Waals surface area contributed by atoms with E-state index >= 15 is 0 Å². The van der Waals surface area contributed by atoms with Gasteiger partial charge in [0.2, 0.25) is 0 Å². The highest BCUT2D eigenvalue weighted by atomic mass is 16.7. The molecule has 0 fully saturated rings. The molecule has 0 amide bonds. The smallest absolute Gasteiger partial charge is 0.479 e. The van der Waals surface area contributed by atoms with E-state index in [9.17, 15) is 14.4 Å². The summed E-state index contributed by atoms with van der Waals surface area (Å²) in [5.41, 5.74) is 0. The molecular formula is C5H6O7. The summed E-state index contributed by atoms with van der Waals surface area (Å²) in [7, 11) is 0.946. The second-order valence-electron chi connectivity index (χ2n) is 1.64. The van der Waals surface area contributed by atoms with Crippen LogP contribution in [0.25, 0.3) is 0 Å². The fraction of sp³-hybridized carbons (Fsp3) is 0.400. The van der Waals surface area contributed by atoms with Gasteiger partial charge < -0.3 is 19.7 Å². The summed E-state index contributed by atoms with van der Waals surface area (Å²) >= 11 is 0.